The molecular weight excluding hydrogens is 316 g/mol. The van der Waals surface area contributed by atoms with Gasteiger partial charge in [-0.1, -0.05) is 30.8 Å². The minimum atomic E-state index is 0.199. The quantitative estimate of drug-likeness (QED) is 0.727. The van der Waals surface area contributed by atoms with Crippen LogP contribution in [0.4, 0.5) is 11.4 Å². The van der Waals surface area contributed by atoms with Crippen molar-refractivity contribution in [2.75, 3.05) is 25.5 Å². The summed E-state index contributed by atoms with van der Waals surface area (Å²) in [5.74, 6) is 0.199. The van der Waals surface area contributed by atoms with Crippen molar-refractivity contribution in [2.45, 2.75) is 36.1 Å². The van der Waals surface area contributed by atoms with E-state index in [1.54, 1.807) is 11.8 Å². The van der Waals surface area contributed by atoms with E-state index < -0.39 is 0 Å². The summed E-state index contributed by atoms with van der Waals surface area (Å²) in [5, 5.41) is 0. The van der Waals surface area contributed by atoms with Gasteiger partial charge in [0.05, 0.1) is 11.4 Å². The molecule has 1 unspecified atom stereocenters. The Labute approximate surface area is 148 Å². The second-order valence-corrected chi connectivity index (χ2v) is 7.59. The fraction of sp³-hybridized carbons (Fsp3) is 0.350. The number of hydrogen-bond acceptors (Lipinski definition) is 4. The van der Waals surface area contributed by atoms with Gasteiger partial charge in [0.2, 0.25) is 0 Å². The number of Topliss-reactive ketones (excluding diaryl/α,β-unsaturated/α-hetero) is 1. The molecule has 3 rings (SSSR count). The molecule has 126 valence electrons. The van der Waals surface area contributed by atoms with Crippen LogP contribution in [0.15, 0.2) is 52.3 Å². The lowest BCUT2D eigenvalue weighted by Crippen LogP contribution is -2.38. The monoisotopic (exact) mass is 340 g/mol. The molecule has 1 aliphatic rings. The summed E-state index contributed by atoms with van der Waals surface area (Å²) in [5.41, 5.74) is 3.25. The highest BCUT2D eigenvalue weighted by Crippen LogP contribution is 2.49. The molecule has 2 aromatic carbocycles. The summed E-state index contributed by atoms with van der Waals surface area (Å²) in [4.78, 5) is 19.1. The minimum absolute atomic E-state index is 0.199. The van der Waals surface area contributed by atoms with Gasteiger partial charge in [-0.15, -0.1) is 0 Å². The van der Waals surface area contributed by atoms with Crippen molar-refractivity contribution in [2.24, 2.45) is 0 Å². The van der Waals surface area contributed by atoms with E-state index in [1.807, 2.05) is 13.0 Å². The fourth-order valence-corrected chi connectivity index (χ4v) is 4.36. The summed E-state index contributed by atoms with van der Waals surface area (Å²) >= 11 is 1.76. The molecule has 0 aliphatic carbocycles. The van der Waals surface area contributed by atoms with Crippen molar-refractivity contribution in [1.82, 2.24) is 4.90 Å². The van der Waals surface area contributed by atoms with Gasteiger partial charge < -0.3 is 9.80 Å². The minimum Gasteiger partial charge on any atom is -0.335 e. The standard InChI is InChI=1S/C20H24N2OS/c1-5-18(23)15-10-11-17-20(12-15)24-19-9-7-6-8-16(19)22(17)14(2)13-21(3)4/h6-12,14H,5,13H2,1-4H3. The van der Waals surface area contributed by atoms with Gasteiger partial charge in [0.25, 0.3) is 0 Å². The van der Waals surface area contributed by atoms with Crippen LogP contribution in [0.2, 0.25) is 0 Å². The Kier molecular flexibility index (Phi) is 4.97. The van der Waals surface area contributed by atoms with E-state index in [0.29, 0.717) is 12.5 Å². The second kappa shape index (κ2) is 6.99. The molecule has 3 nitrogen and oxygen atoms in total. The van der Waals surface area contributed by atoms with E-state index in [1.165, 1.54) is 21.2 Å². The average molecular weight is 340 g/mol. The predicted molar refractivity (Wildman–Crippen MR) is 102 cm³/mol. The van der Waals surface area contributed by atoms with E-state index in [9.17, 15) is 4.79 Å². The number of carbonyl (C=O) groups excluding carboxylic acids is 1. The van der Waals surface area contributed by atoms with Crippen molar-refractivity contribution in [3.05, 3.63) is 48.0 Å². The van der Waals surface area contributed by atoms with Crippen LogP contribution in [-0.4, -0.2) is 37.4 Å². The Morgan fingerprint density at radius 1 is 1.12 bits per heavy atom. The molecule has 24 heavy (non-hydrogen) atoms. The molecule has 1 heterocycles. The Balaban J connectivity index is 2.07. The zero-order chi connectivity index (χ0) is 17.3. The van der Waals surface area contributed by atoms with E-state index >= 15 is 0 Å². The highest BCUT2D eigenvalue weighted by atomic mass is 32.2. The van der Waals surface area contributed by atoms with Crippen LogP contribution >= 0.6 is 11.8 Å². The molecule has 0 fully saturated rings. The first kappa shape index (κ1) is 17.1. The van der Waals surface area contributed by atoms with Crippen molar-refractivity contribution in [1.29, 1.82) is 0 Å². The Hall–Kier alpha value is -1.78. The predicted octanol–water partition coefficient (Wildman–Crippen LogP) is 4.83. The maximum atomic E-state index is 12.1. The Bertz CT molecular complexity index is 757. The zero-order valence-electron chi connectivity index (χ0n) is 14.7. The number of anilines is 2. The highest BCUT2D eigenvalue weighted by molar-refractivity contribution is 7.99. The number of carbonyl (C=O) groups is 1. The topological polar surface area (TPSA) is 23.6 Å². The van der Waals surface area contributed by atoms with Crippen molar-refractivity contribution in [3.8, 4) is 0 Å². The third-order valence-electron chi connectivity index (χ3n) is 4.28. The first-order valence-electron chi connectivity index (χ1n) is 8.39. The smallest absolute Gasteiger partial charge is 0.162 e. The second-order valence-electron chi connectivity index (χ2n) is 6.51. The van der Waals surface area contributed by atoms with Gasteiger partial charge in [-0.25, -0.2) is 0 Å². The normalized spacial score (nSPS) is 14.3. The molecule has 0 amide bonds. The molecular formula is C20H24N2OS. The number of nitrogens with zero attached hydrogens (tertiary/aromatic N) is 2. The van der Waals surface area contributed by atoms with Gasteiger partial charge in [-0.05, 0) is 51.4 Å². The van der Waals surface area contributed by atoms with E-state index in [4.69, 9.17) is 0 Å². The van der Waals surface area contributed by atoms with E-state index in [-0.39, 0.29) is 5.78 Å². The van der Waals surface area contributed by atoms with Crippen LogP contribution in [0.1, 0.15) is 30.6 Å². The average Bonchev–Trinajstić information content (AvgIpc) is 2.57. The van der Waals surface area contributed by atoms with Crippen LogP contribution < -0.4 is 4.90 Å². The Morgan fingerprint density at radius 3 is 2.54 bits per heavy atom. The number of fused-ring (bicyclic) bond motifs is 2. The first-order valence-corrected chi connectivity index (χ1v) is 9.21. The molecule has 0 N–H and O–H groups in total. The first-order chi connectivity index (χ1) is 11.5. The lowest BCUT2D eigenvalue weighted by molar-refractivity contribution is 0.0988. The number of para-hydroxylation sites is 1. The number of likely N-dealkylation sites (N-methyl/N-ethyl adjacent to an activating group) is 1. The summed E-state index contributed by atoms with van der Waals surface area (Å²) in [6.07, 6.45) is 0.542. The van der Waals surface area contributed by atoms with E-state index in [0.717, 1.165) is 12.1 Å². The van der Waals surface area contributed by atoms with Gasteiger partial charge in [-0.3, -0.25) is 4.79 Å². The molecule has 0 spiro atoms. The molecule has 2 aromatic rings. The van der Waals surface area contributed by atoms with Crippen LogP contribution in [0.25, 0.3) is 0 Å². The van der Waals surface area contributed by atoms with Crippen LogP contribution in [0.3, 0.4) is 0 Å². The molecule has 0 aromatic heterocycles. The molecule has 1 aliphatic heterocycles. The molecule has 1 atom stereocenters. The van der Waals surface area contributed by atoms with Crippen molar-refractivity contribution in [3.63, 3.8) is 0 Å². The van der Waals surface area contributed by atoms with Crippen molar-refractivity contribution < 1.29 is 4.79 Å². The number of hydrogen-bond donors (Lipinski definition) is 0. The van der Waals surface area contributed by atoms with Gasteiger partial charge in [0.1, 0.15) is 0 Å². The van der Waals surface area contributed by atoms with Gasteiger partial charge in [0.15, 0.2) is 5.78 Å². The SMILES string of the molecule is CCC(=O)c1ccc2c(c1)Sc1ccccc1N2C(C)CN(C)C. The fourth-order valence-electron chi connectivity index (χ4n) is 3.25. The van der Waals surface area contributed by atoms with Crippen molar-refractivity contribution >= 4 is 28.9 Å². The third-order valence-corrected chi connectivity index (χ3v) is 5.39. The molecule has 0 radical (unpaired) electrons. The summed E-state index contributed by atoms with van der Waals surface area (Å²) in [6.45, 7) is 5.13. The zero-order valence-corrected chi connectivity index (χ0v) is 15.6. The van der Waals surface area contributed by atoms with Gasteiger partial charge in [-0.2, -0.15) is 0 Å². The van der Waals surface area contributed by atoms with Crippen LogP contribution in [-0.2, 0) is 0 Å². The molecule has 0 saturated heterocycles. The molecule has 0 saturated carbocycles. The molecule has 4 heteroatoms. The third kappa shape index (κ3) is 3.21. The lowest BCUT2D eigenvalue weighted by Gasteiger charge is -2.38. The van der Waals surface area contributed by atoms with E-state index in [2.05, 4.69) is 67.2 Å². The van der Waals surface area contributed by atoms with Gasteiger partial charge in [0, 0.05) is 34.4 Å². The highest BCUT2D eigenvalue weighted by Gasteiger charge is 2.27. The summed E-state index contributed by atoms with van der Waals surface area (Å²) in [7, 11) is 4.20. The number of ketones is 1. The van der Waals surface area contributed by atoms with Crippen LogP contribution in [0, 0.1) is 0 Å². The maximum absolute atomic E-state index is 12.1. The van der Waals surface area contributed by atoms with Crippen LogP contribution in [0.5, 0.6) is 0 Å². The Morgan fingerprint density at radius 2 is 1.83 bits per heavy atom. The summed E-state index contributed by atoms with van der Waals surface area (Å²) < 4.78 is 0. The largest absolute Gasteiger partial charge is 0.335 e. The number of rotatable bonds is 5. The summed E-state index contributed by atoms with van der Waals surface area (Å²) in [6, 6.07) is 15.0. The number of benzene rings is 2. The maximum Gasteiger partial charge on any atom is 0.162 e. The van der Waals surface area contributed by atoms with Gasteiger partial charge >= 0.3 is 0 Å². The molecule has 0 bridgehead atoms. The lowest BCUT2D eigenvalue weighted by atomic mass is 10.1.